The highest BCUT2D eigenvalue weighted by Crippen LogP contribution is 2.14. The quantitative estimate of drug-likeness (QED) is 0.752. The van der Waals surface area contributed by atoms with E-state index >= 15 is 0 Å². The molecule has 0 saturated carbocycles. The molecule has 0 unspecified atom stereocenters. The molecule has 2 aromatic rings. The number of carbonyl (C=O) groups is 1. The summed E-state index contributed by atoms with van der Waals surface area (Å²) in [7, 11) is 0. The molecule has 3 N–H and O–H groups in total. The molecule has 0 spiro atoms. The number of carbonyl (C=O) groups excluding carboxylic acids is 1. The van der Waals surface area contributed by atoms with E-state index in [0.717, 1.165) is 16.6 Å². The molecule has 0 atom stereocenters. The number of rotatable bonds is 2. The number of benzene rings is 1. The minimum Gasteiger partial charge on any atom is -0.352 e. The number of aromatic nitrogens is 2. The summed E-state index contributed by atoms with van der Waals surface area (Å²) < 4.78 is 0. The Labute approximate surface area is 105 Å². The Hall–Kier alpha value is -2.04. The number of hydrogen-bond donors (Lipinski definition) is 3. The maximum atomic E-state index is 11.7. The lowest BCUT2D eigenvalue weighted by atomic mass is 9.95. The fraction of sp³-hybridized carbons (Fsp3) is 0.385. The van der Waals surface area contributed by atoms with Gasteiger partial charge in [-0.3, -0.25) is 4.79 Å². The lowest BCUT2D eigenvalue weighted by Gasteiger charge is -2.17. The largest absolute Gasteiger partial charge is 0.352 e. The zero-order chi connectivity index (χ0) is 13.3. The number of fused-ring (bicyclic) bond motifs is 1. The van der Waals surface area contributed by atoms with Crippen LogP contribution in [0.25, 0.3) is 11.0 Å². The molecule has 0 aliphatic rings. The van der Waals surface area contributed by atoms with E-state index in [4.69, 9.17) is 0 Å². The van der Waals surface area contributed by atoms with Crippen LogP contribution in [0.2, 0.25) is 0 Å². The molecule has 0 bridgehead atoms. The van der Waals surface area contributed by atoms with Crippen LogP contribution < -0.4 is 11.0 Å². The van der Waals surface area contributed by atoms with Gasteiger partial charge in [-0.25, -0.2) is 4.79 Å². The monoisotopic (exact) mass is 247 g/mol. The Kier molecular flexibility index (Phi) is 2.98. The standard InChI is InChI=1S/C13H17N3O2/c1-13(2,3)11(17)14-7-8-4-5-9-10(6-8)16-12(18)15-9/h4-6H,7H2,1-3H3,(H,14,17)(H2,15,16,18). The highest BCUT2D eigenvalue weighted by Gasteiger charge is 2.20. The fourth-order valence-corrected chi connectivity index (χ4v) is 1.64. The molecule has 1 heterocycles. The van der Waals surface area contributed by atoms with Crippen LogP contribution in [0, 0.1) is 5.41 Å². The molecule has 0 saturated heterocycles. The Morgan fingerprint density at radius 3 is 2.56 bits per heavy atom. The first-order chi connectivity index (χ1) is 8.36. The van der Waals surface area contributed by atoms with Gasteiger partial charge in [0.05, 0.1) is 11.0 Å². The van der Waals surface area contributed by atoms with Crippen molar-refractivity contribution in [3.8, 4) is 0 Å². The van der Waals surface area contributed by atoms with Crippen LogP contribution in [0.4, 0.5) is 0 Å². The maximum Gasteiger partial charge on any atom is 0.323 e. The van der Waals surface area contributed by atoms with Crippen LogP contribution in [0.1, 0.15) is 26.3 Å². The molecular formula is C13H17N3O2. The zero-order valence-corrected chi connectivity index (χ0v) is 10.8. The Bertz CT molecular complexity index is 631. The van der Waals surface area contributed by atoms with Gasteiger partial charge in [-0.15, -0.1) is 0 Å². The minimum atomic E-state index is -0.396. The van der Waals surface area contributed by atoms with Crippen molar-refractivity contribution >= 4 is 16.9 Å². The fourth-order valence-electron chi connectivity index (χ4n) is 1.64. The Morgan fingerprint density at radius 1 is 1.22 bits per heavy atom. The molecule has 1 aromatic carbocycles. The molecule has 5 heteroatoms. The molecule has 0 aliphatic heterocycles. The summed E-state index contributed by atoms with van der Waals surface area (Å²) in [6.45, 7) is 6.07. The van der Waals surface area contributed by atoms with Crippen molar-refractivity contribution in [2.75, 3.05) is 0 Å². The van der Waals surface area contributed by atoms with Crippen LogP contribution in [-0.4, -0.2) is 15.9 Å². The zero-order valence-electron chi connectivity index (χ0n) is 10.8. The minimum absolute atomic E-state index is 0.00478. The van der Waals surface area contributed by atoms with Gasteiger partial charge in [-0.05, 0) is 17.7 Å². The second-order valence-electron chi connectivity index (χ2n) is 5.39. The molecule has 1 amide bonds. The van der Waals surface area contributed by atoms with Crippen molar-refractivity contribution in [2.45, 2.75) is 27.3 Å². The van der Waals surface area contributed by atoms with E-state index in [1.165, 1.54) is 0 Å². The molecule has 2 rings (SSSR count). The number of hydrogen-bond acceptors (Lipinski definition) is 2. The van der Waals surface area contributed by atoms with Crippen molar-refractivity contribution in [3.63, 3.8) is 0 Å². The van der Waals surface area contributed by atoms with Gasteiger partial charge >= 0.3 is 5.69 Å². The summed E-state index contributed by atoms with van der Waals surface area (Å²) in [4.78, 5) is 28.2. The lowest BCUT2D eigenvalue weighted by Crippen LogP contribution is -2.34. The smallest absolute Gasteiger partial charge is 0.323 e. The summed E-state index contributed by atoms with van der Waals surface area (Å²) in [5.41, 5.74) is 1.86. The lowest BCUT2D eigenvalue weighted by molar-refractivity contribution is -0.128. The topological polar surface area (TPSA) is 77.8 Å². The van der Waals surface area contributed by atoms with Crippen molar-refractivity contribution in [2.24, 2.45) is 5.41 Å². The predicted octanol–water partition coefficient (Wildman–Crippen LogP) is 1.52. The highest BCUT2D eigenvalue weighted by atomic mass is 16.2. The molecule has 0 radical (unpaired) electrons. The third kappa shape index (κ3) is 2.61. The van der Waals surface area contributed by atoms with Gasteiger partial charge in [0.2, 0.25) is 5.91 Å². The third-order valence-corrected chi connectivity index (χ3v) is 2.71. The molecule has 96 valence electrons. The van der Waals surface area contributed by atoms with Crippen LogP contribution in [0.3, 0.4) is 0 Å². The first-order valence-corrected chi connectivity index (χ1v) is 5.85. The van der Waals surface area contributed by atoms with Gasteiger partial charge in [0, 0.05) is 12.0 Å². The number of aromatic amines is 2. The maximum absolute atomic E-state index is 11.7. The molecule has 0 aliphatic carbocycles. The number of nitrogens with one attached hydrogen (secondary N) is 3. The van der Waals surface area contributed by atoms with Gasteiger partial charge in [0.25, 0.3) is 0 Å². The highest BCUT2D eigenvalue weighted by molar-refractivity contribution is 5.81. The first-order valence-electron chi connectivity index (χ1n) is 5.85. The average Bonchev–Trinajstić information content (AvgIpc) is 2.63. The number of H-pyrrole nitrogens is 2. The summed E-state index contributed by atoms with van der Waals surface area (Å²) in [6.07, 6.45) is 0. The molecular weight excluding hydrogens is 230 g/mol. The van der Waals surface area contributed by atoms with Gasteiger partial charge < -0.3 is 15.3 Å². The van der Waals surface area contributed by atoms with Crippen molar-refractivity contribution in [1.82, 2.24) is 15.3 Å². The van der Waals surface area contributed by atoms with Gasteiger partial charge in [-0.2, -0.15) is 0 Å². The molecule has 0 fully saturated rings. The predicted molar refractivity (Wildman–Crippen MR) is 70.2 cm³/mol. The van der Waals surface area contributed by atoms with E-state index in [1.54, 1.807) is 0 Å². The first kappa shape index (κ1) is 12.4. The number of amides is 1. The van der Waals surface area contributed by atoms with E-state index in [9.17, 15) is 9.59 Å². The van der Waals surface area contributed by atoms with E-state index in [0.29, 0.717) is 6.54 Å². The van der Waals surface area contributed by atoms with Crippen molar-refractivity contribution in [3.05, 3.63) is 34.2 Å². The van der Waals surface area contributed by atoms with Crippen LogP contribution in [-0.2, 0) is 11.3 Å². The molecule has 5 nitrogen and oxygen atoms in total. The van der Waals surface area contributed by atoms with E-state index < -0.39 is 5.41 Å². The van der Waals surface area contributed by atoms with Gasteiger partial charge in [0.1, 0.15) is 0 Å². The number of imidazole rings is 1. The van der Waals surface area contributed by atoms with Crippen molar-refractivity contribution < 1.29 is 4.79 Å². The summed E-state index contributed by atoms with van der Waals surface area (Å²) in [5.74, 6) is 0.00478. The van der Waals surface area contributed by atoms with Gasteiger partial charge in [-0.1, -0.05) is 26.8 Å². The third-order valence-electron chi connectivity index (χ3n) is 2.71. The van der Waals surface area contributed by atoms with Crippen LogP contribution in [0.5, 0.6) is 0 Å². The van der Waals surface area contributed by atoms with Crippen molar-refractivity contribution in [1.29, 1.82) is 0 Å². The van der Waals surface area contributed by atoms with Gasteiger partial charge in [0.15, 0.2) is 0 Å². The second kappa shape index (κ2) is 4.33. The van der Waals surface area contributed by atoms with Crippen LogP contribution >= 0.6 is 0 Å². The summed E-state index contributed by atoms with van der Waals surface area (Å²) in [5, 5.41) is 2.87. The van der Waals surface area contributed by atoms with E-state index in [1.807, 2.05) is 39.0 Å². The van der Waals surface area contributed by atoms with E-state index in [-0.39, 0.29) is 11.6 Å². The molecule has 1 aromatic heterocycles. The second-order valence-corrected chi connectivity index (χ2v) is 5.39. The summed E-state index contributed by atoms with van der Waals surface area (Å²) in [6, 6.07) is 5.57. The molecule has 18 heavy (non-hydrogen) atoms. The normalized spacial score (nSPS) is 11.7. The Balaban J connectivity index is 2.13. The SMILES string of the molecule is CC(C)(C)C(=O)NCc1ccc2[nH]c(=O)[nH]c2c1. The summed E-state index contributed by atoms with van der Waals surface area (Å²) >= 11 is 0. The van der Waals surface area contributed by atoms with E-state index in [2.05, 4.69) is 15.3 Å². The average molecular weight is 247 g/mol. The van der Waals surface area contributed by atoms with Crippen LogP contribution in [0.15, 0.2) is 23.0 Å². The Morgan fingerprint density at radius 2 is 1.89 bits per heavy atom.